The standard InChI is InChI=1S/C21H18F3NO/c22-21(23,24)17-8-10-20(19(14-17)25-11-3-4-12-25)26-18-9-7-15-5-1-2-6-16(15)13-18/h1-2,5-10,13-14H,3-4,11-12H2. The lowest BCUT2D eigenvalue weighted by Gasteiger charge is -2.23. The third-order valence-electron chi connectivity index (χ3n) is 4.68. The first-order valence-electron chi connectivity index (χ1n) is 8.63. The second kappa shape index (κ2) is 6.56. The third kappa shape index (κ3) is 3.34. The number of hydrogen-bond donors (Lipinski definition) is 0. The van der Waals surface area contributed by atoms with E-state index in [9.17, 15) is 13.2 Å². The van der Waals surface area contributed by atoms with Crippen LogP contribution in [0.5, 0.6) is 11.5 Å². The van der Waals surface area contributed by atoms with Gasteiger partial charge in [0.2, 0.25) is 0 Å². The van der Waals surface area contributed by atoms with Gasteiger partial charge in [0.1, 0.15) is 5.75 Å². The van der Waals surface area contributed by atoms with Gasteiger partial charge in [-0.1, -0.05) is 30.3 Å². The van der Waals surface area contributed by atoms with E-state index in [2.05, 4.69) is 0 Å². The van der Waals surface area contributed by atoms with Crippen molar-refractivity contribution in [1.29, 1.82) is 0 Å². The summed E-state index contributed by atoms with van der Waals surface area (Å²) >= 11 is 0. The molecule has 1 fully saturated rings. The molecule has 5 heteroatoms. The van der Waals surface area contributed by atoms with E-state index >= 15 is 0 Å². The minimum Gasteiger partial charge on any atom is -0.455 e. The first-order chi connectivity index (χ1) is 12.5. The van der Waals surface area contributed by atoms with Gasteiger partial charge in [-0.15, -0.1) is 0 Å². The maximum atomic E-state index is 13.1. The molecule has 0 bridgehead atoms. The number of hydrogen-bond acceptors (Lipinski definition) is 2. The Bertz CT molecular complexity index is 930. The summed E-state index contributed by atoms with van der Waals surface area (Å²) < 4.78 is 45.4. The topological polar surface area (TPSA) is 12.5 Å². The summed E-state index contributed by atoms with van der Waals surface area (Å²) in [7, 11) is 0. The second-order valence-electron chi connectivity index (χ2n) is 6.49. The van der Waals surface area contributed by atoms with Crippen LogP contribution in [0.15, 0.2) is 60.7 Å². The number of benzene rings is 3. The van der Waals surface area contributed by atoms with Gasteiger partial charge in [-0.25, -0.2) is 0 Å². The Morgan fingerprint density at radius 2 is 1.54 bits per heavy atom. The van der Waals surface area contributed by atoms with E-state index in [1.54, 1.807) is 0 Å². The molecule has 2 nitrogen and oxygen atoms in total. The number of nitrogens with zero attached hydrogens (tertiary/aromatic N) is 1. The molecule has 0 saturated carbocycles. The molecule has 1 heterocycles. The van der Waals surface area contributed by atoms with Crippen molar-refractivity contribution in [2.24, 2.45) is 0 Å². The van der Waals surface area contributed by atoms with Crippen LogP contribution >= 0.6 is 0 Å². The normalized spacial score (nSPS) is 14.8. The van der Waals surface area contributed by atoms with E-state index in [0.717, 1.165) is 42.8 Å². The first kappa shape index (κ1) is 16.8. The van der Waals surface area contributed by atoms with Crippen LogP contribution in [0, 0.1) is 0 Å². The Morgan fingerprint density at radius 3 is 2.27 bits per heavy atom. The molecule has 3 aromatic rings. The minimum absolute atomic E-state index is 0.454. The summed E-state index contributed by atoms with van der Waals surface area (Å²) in [5.41, 5.74) is -0.143. The van der Waals surface area contributed by atoms with Crippen LogP contribution in [0.2, 0.25) is 0 Å². The molecule has 1 saturated heterocycles. The molecule has 0 radical (unpaired) electrons. The predicted molar refractivity (Wildman–Crippen MR) is 96.9 cm³/mol. The molecular weight excluding hydrogens is 339 g/mol. The Kier molecular flexibility index (Phi) is 4.23. The Morgan fingerprint density at radius 1 is 0.808 bits per heavy atom. The highest BCUT2D eigenvalue weighted by Gasteiger charge is 2.32. The van der Waals surface area contributed by atoms with E-state index in [1.807, 2.05) is 47.4 Å². The van der Waals surface area contributed by atoms with Gasteiger partial charge in [-0.05, 0) is 53.9 Å². The average Bonchev–Trinajstić information content (AvgIpc) is 3.15. The lowest BCUT2D eigenvalue weighted by molar-refractivity contribution is -0.137. The zero-order valence-electron chi connectivity index (χ0n) is 14.1. The summed E-state index contributed by atoms with van der Waals surface area (Å²) in [6, 6.07) is 17.3. The van der Waals surface area contributed by atoms with Gasteiger partial charge in [0.25, 0.3) is 0 Å². The largest absolute Gasteiger partial charge is 0.455 e. The molecule has 3 aromatic carbocycles. The summed E-state index contributed by atoms with van der Waals surface area (Å²) in [6.07, 6.45) is -2.41. The number of anilines is 1. The van der Waals surface area contributed by atoms with Crippen molar-refractivity contribution >= 4 is 16.5 Å². The number of ether oxygens (including phenoxy) is 1. The second-order valence-corrected chi connectivity index (χ2v) is 6.49. The van der Waals surface area contributed by atoms with Gasteiger partial charge in [-0.3, -0.25) is 0 Å². The van der Waals surface area contributed by atoms with Crippen LogP contribution in [-0.2, 0) is 6.18 Å². The van der Waals surface area contributed by atoms with E-state index < -0.39 is 11.7 Å². The van der Waals surface area contributed by atoms with Gasteiger partial charge in [0.05, 0.1) is 11.3 Å². The lowest BCUT2D eigenvalue weighted by atomic mass is 10.1. The molecule has 0 atom stereocenters. The lowest BCUT2D eigenvalue weighted by Crippen LogP contribution is -2.19. The predicted octanol–water partition coefficient (Wildman–Crippen LogP) is 6.25. The van der Waals surface area contributed by atoms with E-state index in [0.29, 0.717) is 17.2 Å². The molecule has 0 amide bonds. The fraction of sp³-hybridized carbons (Fsp3) is 0.238. The maximum absolute atomic E-state index is 13.1. The van der Waals surface area contributed by atoms with Crippen molar-refractivity contribution in [3.8, 4) is 11.5 Å². The van der Waals surface area contributed by atoms with Crippen molar-refractivity contribution in [2.45, 2.75) is 19.0 Å². The molecule has 4 rings (SSSR count). The van der Waals surface area contributed by atoms with E-state index in [1.165, 1.54) is 12.1 Å². The maximum Gasteiger partial charge on any atom is 0.416 e. The average molecular weight is 357 g/mol. The minimum atomic E-state index is -4.37. The van der Waals surface area contributed by atoms with Crippen molar-refractivity contribution in [3.63, 3.8) is 0 Å². The van der Waals surface area contributed by atoms with Crippen LogP contribution < -0.4 is 9.64 Å². The smallest absolute Gasteiger partial charge is 0.416 e. The van der Waals surface area contributed by atoms with Gasteiger partial charge >= 0.3 is 6.18 Å². The van der Waals surface area contributed by atoms with Gasteiger partial charge in [0.15, 0.2) is 5.75 Å². The molecule has 0 N–H and O–H groups in total. The summed E-state index contributed by atoms with van der Waals surface area (Å²) in [4.78, 5) is 1.96. The summed E-state index contributed by atoms with van der Waals surface area (Å²) in [5, 5.41) is 2.12. The van der Waals surface area contributed by atoms with Crippen LogP contribution in [0.1, 0.15) is 18.4 Å². The van der Waals surface area contributed by atoms with Gasteiger partial charge in [-0.2, -0.15) is 13.2 Å². The quantitative estimate of drug-likeness (QED) is 0.549. The van der Waals surface area contributed by atoms with Gasteiger partial charge in [0, 0.05) is 13.1 Å². The SMILES string of the molecule is FC(F)(F)c1ccc(Oc2ccc3ccccc3c2)c(N2CCCC2)c1. The number of fused-ring (bicyclic) bond motifs is 1. The molecule has 0 spiro atoms. The molecule has 0 unspecified atom stereocenters. The van der Waals surface area contributed by atoms with E-state index in [4.69, 9.17) is 4.74 Å². The molecule has 1 aliphatic rings. The highest BCUT2D eigenvalue weighted by molar-refractivity contribution is 5.83. The fourth-order valence-corrected chi connectivity index (χ4v) is 3.34. The summed E-state index contributed by atoms with van der Waals surface area (Å²) in [5.74, 6) is 1.07. The Labute approximate surface area is 149 Å². The number of alkyl halides is 3. The molecule has 26 heavy (non-hydrogen) atoms. The van der Waals surface area contributed by atoms with Crippen molar-refractivity contribution in [3.05, 3.63) is 66.2 Å². The fourth-order valence-electron chi connectivity index (χ4n) is 3.34. The molecule has 0 aromatic heterocycles. The van der Waals surface area contributed by atoms with Crippen molar-refractivity contribution in [2.75, 3.05) is 18.0 Å². The zero-order chi connectivity index (χ0) is 18.1. The molecule has 1 aliphatic heterocycles. The number of rotatable bonds is 3. The Hall–Kier alpha value is -2.69. The highest BCUT2D eigenvalue weighted by Crippen LogP contribution is 2.40. The first-order valence-corrected chi connectivity index (χ1v) is 8.63. The van der Waals surface area contributed by atoms with Crippen LogP contribution in [0.4, 0.5) is 18.9 Å². The monoisotopic (exact) mass is 357 g/mol. The Balaban J connectivity index is 1.71. The van der Waals surface area contributed by atoms with Crippen LogP contribution in [0.25, 0.3) is 10.8 Å². The summed E-state index contributed by atoms with van der Waals surface area (Å²) in [6.45, 7) is 1.49. The van der Waals surface area contributed by atoms with Crippen LogP contribution in [0.3, 0.4) is 0 Å². The van der Waals surface area contributed by atoms with E-state index in [-0.39, 0.29) is 0 Å². The van der Waals surface area contributed by atoms with Crippen molar-refractivity contribution in [1.82, 2.24) is 0 Å². The van der Waals surface area contributed by atoms with Crippen molar-refractivity contribution < 1.29 is 17.9 Å². The molecule has 0 aliphatic carbocycles. The molecular formula is C21H18F3NO. The zero-order valence-corrected chi connectivity index (χ0v) is 14.1. The third-order valence-corrected chi connectivity index (χ3v) is 4.68. The van der Waals surface area contributed by atoms with Crippen LogP contribution in [-0.4, -0.2) is 13.1 Å². The molecule has 134 valence electrons. The van der Waals surface area contributed by atoms with Gasteiger partial charge < -0.3 is 9.64 Å². The highest BCUT2D eigenvalue weighted by atomic mass is 19.4. The number of halogens is 3.